The largest absolute Gasteiger partial charge is 0.454 e. The van der Waals surface area contributed by atoms with Gasteiger partial charge in [0.2, 0.25) is 0 Å². The molecule has 0 radical (unpaired) electrons. The Kier molecular flexibility index (Phi) is 5.99. The third kappa shape index (κ3) is 4.37. The highest BCUT2D eigenvalue weighted by molar-refractivity contribution is 6.37. The van der Waals surface area contributed by atoms with E-state index in [4.69, 9.17) is 27.9 Å². The summed E-state index contributed by atoms with van der Waals surface area (Å²) in [4.78, 5) is 24.7. The van der Waals surface area contributed by atoms with Crippen molar-refractivity contribution in [1.82, 2.24) is 4.90 Å². The number of rotatable bonds is 5. The van der Waals surface area contributed by atoms with Gasteiger partial charge >= 0.3 is 0 Å². The molecule has 0 atom stereocenters. The van der Waals surface area contributed by atoms with Crippen molar-refractivity contribution in [2.75, 3.05) is 6.54 Å². The Balaban J connectivity index is 1.53. The summed E-state index contributed by atoms with van der Waals surface area (Å²) >= 11 is 12.2. The zero-order chi connectivity index (χ0) is 23.0. The summed E-state index contributed by atoms with van der Waals surface area (Å²) in [5.41, 5.74) is 1.43. The first-order chi connectivity index (χ1) is 15.2. The molecule has 0 saturated carbocycles. The van der Waals surface area contributed by atoms with E-state index in [0.717, 1.165) is 29.8 Å². The molecule has 0 aromatic heterocycles. The van der Waals surface area contributed by atoms with Crippen LogP contribution >= 0.6 is 23.2 Å². The van der Waals surface area contributed by atoms with Crippen molar-refractivity contribution in [3.05, 3.63) is 97.0 Å². The van der Waals surface area contributed by atoms with Gasteiger partial charge in [0.25, 0.3) is 11.6 Å². The highest BCUT2D eigenvalue weighted by atomic mass is 35.5. The van der Waals surface area contributed by atoms with E-state index >= 15 is 0 Å². The van der Waals surface area contributed by atoms with Crippen LogP contribution in [0.4, 0.5) is 14.5 Å². The van der Waals surface area contributed by atoms with Crippen LogP contribution in [0.25, 0.3) is 0 Å². The molecule has 4 rings (SSSR count). The molecule has 0 saturated heterocycles. The molecule has 0 fully saturated rings. The molecule has 164 valence electrons. The SMILES string of the molecule is O=C1c2ccc(Oc3c(Cl)cc([N+](=O)[O-])cc3Cl)cc2CCN1Cc1ccc(F)c(F)c1. The van der Waals surface area contributed by atoms with Crippen molar-refractivity contribution in [3.63, 3.8) is 0 Å². The lowest BCUT2D eigenvalue weighted by atomic mass is 9.98. The van der Waals surface area contributed by atoms with Crippen LogP contribution in [0.2, 0.25) is 10.0 Å². The lowest BCUT2D eigenvalue weighted by Gasteiger charge is -2.29. The van der Waals surface area contributed by atoms with E-state index in [2.05, 4.69) is 0 Å². The second kappa shape index (κ2) is 8.72. The normalized spacial score (nSPS) is 13.1. The first kappa shape index (κ1) is 22.0. The van der Waals surface area contributed by atoms with Crippen LogP contribution in [0.1, 0.15) is 21.5 Å². The predicted molar refractivity (Wildman–Crippen MR) is 114 cm³/mol. The zero-order valence-electron chi connectivity index (χ0n) is 16.3. The summed E-state index contributed by atoms with van der Waals surface area (Å²) in [6.07, 6.45) is 0.518. The van der Waals surface area contributed by atoms with E-state index in [9.17, 15) is 23.7 Å². The summed E-state index contributed by atoms with van der Waals surface area (Å²) in [5, 5.41) is 10.9. The summed E-state index contributed by atoms with van der Waals surface area (Å²) in [7, 11) is 0. The second-order valence-electron chi connectivity index (χ2n) is 7.14. The number of benzene rings is 3. The van der Waals surface area contributed by atoms with Crippen LogP contribution < -0.4 is 4.74 Å². The minimum atomic E-state index is -0.960. The molecule has 0 unspecified atom stereocenters. The minimum absolute atomic E-state index is 0.0179. The van der Waals surface area contributed by atoms with Crippen LogP contribution in [-0.2, 0) is 13.0 Å². The van der Waals surface area contributed by atoms with Crippen LogP contribution in [-0.4, -0.2) is 22.3 Å². The average molecular weight is 479 g/mol. The van der Waals surface area contributed by atoms with Gasteiger partial charge in [-0.25, -0.2) is 8.78 Å². The molecule has 0 spiro atoms. The molecule has 0 N–H and O–H groups in total. The number of halogens is 4. The number of amides is 1. The number of carbonyl (C=O) groups excluding carboxylic acids is 1. The highest BCUT2D eigenvalue weighted by Crippen LogP contribution is 2.40. The first-order valence-electron chi connectivity index (χ1n) is 9.40. The van der Waals surface area contributed by atoms with Crippen molar-refractivity contribution < 1.29 is 23.2 Å². The van der Waals surface area contributed by atoms with Gasteiger partial charge in [-0.2, -0.15) is 0 Å². The number of nitrogens with zero attached hydrogens (tertiary/aromatic N) is 2. The van der Waals surface area contributed by atoms with Gasteiger partial charge in [0.15, 0.2) is 17.4 Å². The number of hydrogen-bond acceptors (Lipinski definition) is 4. The molecule has 0 aliphatic carbocycles. The molecule has 0 bridgehead atoms. The fourth-order valence-corrected chi connectivity index (χ4v) is 4.01. The Morgan fingerprint density at radius 3 is 2.41 bits per heavy atom. The van der Waals surface area contributed by atoms with Crippen molar-refractivity contribution >= 4 is 34.8 Å². The zero-order valence-corrected chi connectivity index (χ0v) is 17.8. The number of fused-ring (bicyclic) bond motifs is 1. The lowest BCUT2D eigenvalue weighted by Crippen LogP contribution is -2.37. The molecular formula is C22H14Cl2F2N2O4. The fraction of sp³-hybridized carbons (Fsp3) is 0.136. The molecule has 6 nitrogen and oxygen atoms in total. The summed E-state index contributed by atoms with van der Waals surface area (Å²) < 4.78 is 32.3. The number of carbonyl (C=O) groups is 1. The maximum atomic E-state index is 13.5. The molecule has 1 aliphatic heterocycles. The second-order valence-corrected chi connectivity index (χ2v) is 7.96. The maximum absolute atomic E-state index is 13.5. The smallest absolute Gasteiger partial charge is 0.272 e. The Morgan fingerprint density at radius 1 is 1.03 bits per heavy atom. The van der Waals surface area contributed by atoms with Gasteiger partial charge < -0.3 is 9.64 Å². The van der Waals surface area contributed by atoms with Crippen molar-refractivity contribution in [2.45, 2.75) is 13.0 Å². The number of non-ortho nitro benzene ring substituents is 1. The third-order valence-corrected chi connectivity index (χ3v) is 5.58. The van der Waals surface area contributed by atoms with Gasteiger partial charge in [-0.15, -0.1) is 0 Å². The molecule has 3 aromatic carbocycles. The standard InChI is InChI=1S/C22H14Cl2F2N2O4/c23-17-9-14(28(30)31)10-18(24)21(17)32-15-2-3-16-13(8-15)5-6-27(22(16)29)11-12-1-4-19(25)20(26)7-12/h1-4,7-10H,5-6,11H2. The van der Waals surface area contributed by atoms with Gasteiger partial charge in [0.05, 0.1) is 15.0 Å². The quantitative estimate of drug-likeness (QED) is 0.324. The summed E-state index contributed by atoms with van der Waals surface area (Å²) in [6, 6.07) is 10.7. The Morgan fingerprint density at radius 2 is 1.75 bits per heavy atom. The van der Waals surface area contributed by atoms with Crippen molar-refractivity contribution in [1.29, 1.82) is 0 Å². The van der Waals surface area contributed by atoms with E-state index in [1.165, 1.54) is 6.07 Å². The number of hydrogen-bond donors (Lipinski definition) is 0. The Bertz CT molecular complexity index is 1230. The predicted octanol–water partition coefficient (Wildman–Crippen LogP) is 6.17. The number of nitro benzene ring substituents is 1. The maximum Gasteiger partial charge on any atom is 0.272 e. The summed E-state index contributed by atoms with van der Waals surface area (Å²) in [6.45, 7) is 0.537. The monoisotopic (exact) mass is 478 g/mol. The van der Waals surface area contributed by atoms with Crippen LogP contribution in [0, 0.1) is 21.7 Å². The molecule has 32 heavy (non-hydrogen) atoms. The van der Waals surface area contributed by atoms with Crippen LogP contribution in [0.5, 0.6) is 11.5 Å². The van der Waals surface area contributed by atoms with E-state index in [1.54, 1.807) is 23.1 Å². The molecule has 3 aromatic rings. The van der Waals surface area contributed by atoms with Crippen LogP contribution in [0.15, 0.2) is 48.5 Å². The van der Waals surface area contributed by atoms with Crippen molar-refractivity contribution in [2.24, 2.45) is 0 Å². The van der Waals surface area contributed by atoms with E-state index in [-0.39, 0.29) is 33.9 Å². The van der Waals surface area contributed by atoms with E-state index in [0.29, 0.717) is 29.8 Å². The molecule has 1 aliphatic rings. The highest BCUT2D eigenvalue weighted by Gasteiger charge is 2.25. The van der Waals surface area contributed by atoms with Crippen molar-refractivity contribution in [3.8, 4) is 11.5 Å². The summed E-state index contributed by atoms with van der Waals surface area (Å²) in [5.74, 6) is -1.71. The Hall–Kier alpha value is -3.23. The van der Waals surface area contributed by atoms with Gasteiger partial charge in [0.1, 0.15) is 5.75 Å². The molecule has 10 heteroatoms. The third-order valence-electron chi connectivity index (χ3n) is 5.02. The van der Waals surface area contributed by atoms with E-state index in [1.807, 2.05) is 0 Å². The molecule has 1 amide bonds. The molecular weight excluding hydrogens is 465 g/mol. The average Bonchev–Trinajstić information content (AvgIpc) is 2.75. The van der Waals surface area contributed by atoms with Gasteiger partial charge in [0, 0.05) is 30.8 Å². The first-order valence-corrected chi connectivity index (χ1v) is 10.2. The Labute approximate surface area is 191 Å². The topological polar surface area (TPSA) is 72.7 Å². The van der Waals surface area contributed by atoms with Crippen LogP contribution in [0.3, 0.4) is 0 Å². The minimum Gasteiger partial charge on any atom is -0.454 e. The van der Waals surface area contributed by atoms with E-state index < -0.39 is 16.6 Å². The molecule has 1 heterocycles. The number of nitro groups is 1. The van der Waals surface area contributed by atoms with Gasteiger partial charge in [-0.05, 0) is 47.9 Å². The number of ether oxygens (including phenoxy) is 1. The van der Waals surface area contributed by atoms with Gasteiger partial charge in [-0.1, -0.05) is 29.3 Å². The van der Waals surface area contributed by atoms with Gasteiger partial charge in [-0.3, -0.25) is 14.9 Å². The lowest BCUT2D eigenvalue weighted by molar-refractivity contribution is -0.384. The fourth-order valence-electron chi connectivity index (χ4n) is 3.45.